The van der Waals surface area contributed by atoms with Crippen LogP contribution in [0.4, 0.5) is 35.1 Å². The minimum atomic E-state index is -5.89. The van der Waals surface area contributed by atoms with E-state index in [9.17, 15) is 35.1 Å². The van der Waals surface area contributed by atoms with E-state index < -0.39 is 48.0 Å². The van der Waals surface area contributed by atoms with Crippen LogP contribution in [0.2, 0.25) is 0 Å². The van der Waals surface area contributed by atoms with Gasteiger partial charge in [-0.05, 0) is 18.2 Å². The second-order valence-electron chi connectivity index (χ2n) is 4.26. The molecule has 0 bridgehead atoms. The molecule has 1 nitrogen and oxygen atoms in total. The summed E-state index contributed by atoms with van der Waals surface area (Å²) in [6.45, 7) is 0. The van der Waals surface area contributed by atoms with Crippen molar-refractivity contribution >= 4 is 0 Å². The van der Waals surface area contributed by atoms with Crippen LogP contribution in [0.1, 0.15) is 18.1 Å². The normalized spacial score (nSPS) is 16.9. The van der Waals surface area contributed by atoms with Crippen molar-refractivity contribution in [3.8, 4) is 0 Å². The molecule has 0 saturated heterocycles. The largest absolute Gasteiger partial charge is 0.428 e. The highest BCUT2D eigenvalue weighted by Gasteiger charge is 2.63. The van der Waals surface area contributed by atoms with Crippen molar-refractivity contribution in [2.45, 2.75) is 30.8 Å². The van der Waals surface area contributed by atoms with Gasteiger partial charge in [-0.2, -0.15) is 13.2 Å². The van der Waals surface area contributed by atoms with Gasteiger partial charge in [-0.15, -0.1) is 0 Å². The SMILES string of the molecule is COC(CC(F)(C(F)F)C(F)(F)F)c1cc(F)ccc1F. The molecule has 0 N–H and O–H groups in total. The van der Waals surface area contributed by atoms with Gasteiger partial charge in [0.15, 0.2) is 0 Å². The molecule has 1 aromatic rings. The molecule has 0 fully saturated rings. The summed E-state index contributed by atoms with van der Waals surface area (Å²) in [4.78, 5) is 0. The van der Waals surface area contributed by atoms with Crippen molar-refractivity contribution in [3.63, 3.8) is 0 Å². The van der Waals surface area contributed by atoms with Crippen molar-refractivity contribution in [2.75, 3.05) is 7.11 Å². The van der Waals surface area contributed by atoms with Gasteiger partial charge in [0.05, 0.1) is 6.10 Å². The monoisotopic (exact) mass is 322 g/mol. The lowest BCUT2D eigenvalue weighted by Gasteiger charge is -2.30. The summed E-state index contributed by atoms with van der Waals surface area (Å²) in [6.07, 6.45) is -14.2. The molecule has 0 radical (unpaired) electrons. The summed E-state index contributed by atoms with van der Waals surface area (Å²) < 4.78 is 107. The van der Waals surface area contributed by atoms with Crippen LogP contribution in [-0.4, -0.2) is 25.4 Å². The Morgan fingerprint density at radius 2 is 1.67 bits per heavy atom. The number of benzene rings is 1. The molecule has 0 spiro atoms. The zero-order valence-electron chi connectivity index (χ0n) is 10.5. The van der Waals surface area contributed by atoms with E-state index in [-0.39, 0.29) is 0 Å². The maximum absolute atomic E-state index is 13.6. The van der Waals surface area contributed by atoms with Gasteiger partial charge < -0.3 is 4.74 Å². The molecule has 0 aromatic heterocycles. The smallest absolute Gasteiger partial charge is 0.377 e. The maximum atomic E-state index is 13.6. The highest BCUT2D eigenvalue weighted by atomic mass is 19.4. The Labute approximate surface area is 114 Å². The van der Waals surface area contributed by atoms with Gasteiger partial charge in [0, 0.05) is 19.1 Å². The van der Waals surface area contributed by atoms with E-state index in [1.54, 1.807) is 0 Å². The quantitative estimate of drug-likeness (QED) is 0.721. The van der Waals surface area contributed by atoms with Crippen LogP contribution in [-0.2, 0) is 4.74 Å². The molecule has 21 heavy (non-hydrogen) atoms. The second kappa shape index (κ2) is 6.17. The Kier molecular flexibility index (Phi) is 5.19. The molecule has 120 valence electrons. The molecule has 0 amide bonds. The lowest BCUT2D eigenvalue weighted by molar-refractivity contribution is -0.276. The van der Waals surface area contributed by atoms with Gasteiger partial charge in [-0.25, -0.2) is 22.0 Å². The van der Waals surface area contributed by atoms with Gasteiger partial charge in [-0.1, -0.05) is 0 Å². The number of halogens is 8. The van der Waals surface area contributed by atoms with Gasteiger partial charge in [0.1, 0.15) is 11.6 Å². The van der Waals surface area contributed by atoms with Gasteiger partial charge in [0.25, 0.3) is 12.1 Å². The average molecular weight is 322 g/mol. The molecule has 0 saturated carbocycles. The number of hydrogen-bond acceptors (Lipinski definition) is 1. The minimum Gasteiger partial charge on any atom is -0.377 e. The van der Waals surface area contributed by atoms with Crippen molar-refractivity contribution in [2.24, 2.45) is 0 Å². The third-order valence-corrected chi connectivity index (χ3v) is 2.89. The van der Waals surface area contributed by atoms with E-state index in [2.05, 4.69) is 4.74 Å². The number of rotatable bonds is 5. The second-order valence-corrected chi connectivity index (χ2v) is 4.26. The highest BCUT2D eigenvalue weighted by molar-refractivity contribution is 5.22. The zero-order chi connectivity index (χ0) is 16.4. The molecule has 1 aromatic carbocycles. The first kappa shape index (κ1) is 17.7. The topological polar surface area (TPSA) is 9.23 Å². The fraction of sp³-hybridized carbons (Fsp3) is 0.500. The fourth-order valence-corrected chi connectivity index (χ4v) is 1.68. The van der Waals surface area contributed by atoms with E-state index in [0.29, 0.717) is 18.2 Å². The minimum absolute atomic E-state index is 0.464. The van der Waals surface area contributed by atoms with Crippen LogP contribution < -0.4 is 0 Å². The van der Waals surface area contributed by atoms with Crippen LogP contribution in [0.25, 0.3) is 0 Å². The lowest BCUT2D eigenvalue weighted by atomic mass is 9.93. The van der Waals surface area contributed by atoms with Crippen LogP contribution in [0, 0.1) is 11.6 Å². The van der Waals surface area contributed by atoms with Gasteiger partial charge in [0.2, 0.25) is 0 Å². The molecule has 2 atom stereocenters. The molecule has 0 heterocycles. The van der Waals surface area contributed by atoms with Gasteiger partial charge >= 0.3 is 6.18 Å². The summed E-state index contributed by atoms with van der Waals surface area (Å²) in [5.74, 6) is -2.22. The van der Waals surface area contributed by atoms with Crippen molar-refractivity contribution in [1.29, 1.82) is 0 Å². The molecule has 0 aliphatic heterocycles. The Bertz CT molecular complexity index is 487. The average Bonchev–Trinajstić information content (AvgIpc) is 2.37. The maximum Gasteiger partial charge on any atom is 0.428 e. The number of ether oxygens (including phenoxy) is 1. The van der Waals surface area contributed by atoms with Crippen LogP contribution in [0.3, 0.4) is 0 Å². The first-order chi connectivity index (χ1) is 9.52. The summed E-state index contributed by atoms with van der Waals surface area (Å²) in [5, 5.41) is 0. The van der Waals surface area contributed by atoms with E-state index in [0.717, 1.165) is 7.11 Å². The van der Waals surface area contributed by atoms with Crippen LogP contribution >= 0.6 is 0 Å². The van der Waals surface area contributed by atoms with Crippen molar-refractivity contribution in [3.05, 3.63) is 35.4 Å². The van der Waals surface area contributed by atoms with E-state index >= 15 is 0 Å². The summed E-state index contributed by atoms with van der Waals surface area (Å²) in [5.41, 5.74) is -5.67. The summed E-state index contributed by atoms with van der Waals surface area (Å²) >= 11 is 0. The third-order valence-electron chi connectivity index (χ3n) is 2.89. The molecule has 1 rings (SSSR count). The summed E-state index contributed by atoms with van der Waals surface area (Å²) in [7, 11) is 0.775. The Morgan fingerprint density at radius 3 is 2.10 bits per heavy atom. The Hall–Kier alpha value is -1.38. The Morgan fingerprint density at radius 1 is 1.10 bits per heavy atom. The molecule has 2 unspecified atom stereocenters. The third kappa shape index (κ3) is 3.63. The predicted molar refractivity (Wildman–Crippen MR) is 56.6 cm³/mol. The summed E-state index contributed by atoms with van der Waals surface area (Å²) in [6, 6.07) is 1.71. The molecule has 0 aliphatic rings. The van der Waals surface area contributed by atoms with Crippen LogP contribution in [0.15, 0.2) is 18.2 Å². The standard InChI is InChI=1S/C12H10F8O/c1-21-9(7-4-6(13)2-3-8(7)14)5-11(17,10(15)16)12(18,19)20/h2-4,9-10H,5H2,1H3. The first-order valence-electron chi connectivity index (χ1n) is 5.54. The number of methoxy groups -OCH3 is 1. The Balaban J connectivity index is 3.19. The fourth-order valence-electron chi connectivity index (χ4n) is 1.68. The van der Waals surface area contributed by atoms with Gasteiger partial charge in [-0.3, -0.25) is 0 Å². The molecular formula is C12H10F8O. The van der Waals surface area contributed by atoms with E-state index in [1.165, 1.54) is 0 Å². The van der Waals surface area contributed by atoms with Crippen molar-refractivity contribution < 1.29 is 39.9 Å². The van der Waals surface area contributed by atoms with E-state index in [1.807, 2.05) is 0 Å². The molecule has 0 aliphatic carbocycles. The lowest BCUT2D eigenvalue weighted by Crippen LogP contribution is -2.48. The first-order valence-corrected chi connectivity index (χ1v) is 5.54. The molecular weight excluding hydrogens is 312 g/mol. The van der Waals surface area contributed by atoms with E-state index in [4.69, 9.17) is 0 Å². The predicted octanol–water partition coefficient (Wildman–Crippen LogP) is 4.58. The number of alkyl halides is 6. The van der Waals surface area contributed by atoms with Crippen molar-refractivity contribution in [1.82, 2.24) is 0 Å². The van der Waals surface area contributed by atoms with Crippen LogP contribution in [0.5, 0.6) is 0 Å². The number of hydrogen-bond donors (Lipinski definition) is 0. The zero-order valence-corrected chi connectivity index (χ0v) is 10.5. The molecule has 9 heteroatoms. The highest BCUT2D eigenvalue weighted by Crippen LogP contribution is 2.45.